The van der Waals surface area contributed by atoms with Crippen molar-refractivity contribution >= 4 is 34.4 Å². The van der Waals surface area contributed by atoms with E-state index in [-0.39, 0.29) is 16.5 Å². The molecule has 1 aromatic carbocycles. The van der Waals surface area contributed by atoms with Crippen molar-refractivity contribution in [3.05, 3.63) is 58.6 Å². The third-order valence-electron chi connectivity index (χ3n) is 3.05. The van der Waals surface area contributed by atoms with Crippen LogP contribution in [-0.2, 0) is 0 Å². The van der Waals surface area contributed by atoms with E-state index in [0.29, 0.717) is 5.56 Å². The largest absolute Gasteiger partial charge is 0.366 e. The van der Waals surface area contributed by atoms with Gasteiger partial charge in [0.05, 0.1) is 10.6 Å². The molecule has 2 bridgehead atoms. The van der Waals surface area contributed by atoms with Crippen molar-refractivity contribution in [3.8, 4) is 0 Å². The van der Waals surface area contributed by atoms with E-state index in [0.717, 1.165) is 11.0 Å². The number of carbonyl (C=O) groups is 2. The lowest BCUT2D eigenvalue weighted by Gasteiger charge is -2.06. The van der Waals surface area contributed by atoms with Gasteiger partial charge in [-0.15, -0.1) is 0 Å². The van der Waals surface area contributed by atoms with Crippen LogP contribution in [0.25, 0.3) is 11.0 Å². The number of benzene rings is 2. The van der Waals surface area contributed by atoms with Gasteiger partial charge in [0, 0.05) is 16.6 Å². The highest BCUT2D eigenvalue weighted by Crippen LogP contribution is 2.23. The number of amides is 1. The number of carbonyl (C=O) groups excluding carboxylic acids is 2. The predicted molar refractivity (Wildman–Crippen MR) is 72.8 cm³/mol. The van der Waals surface area contributed by atoms with Gasteiger partial charge in [-0.1, -0.05) is 11.6 Å². The first-order chi connectivity index (χ1) is 9.08. The van der Waals surface area contributed by atoms with Crippen molar-refractivity contribution in [1.29, 1.82) is 0 Å². The number of halogens is 1. The van der Waals surface area contributed by atoms with Gasteiger partial charge >= 0.3 is 0 Å². The number of fused-ring (bicyclic) bond motifs is 2. The third kappa shape index (κ3) is 1.77. The molecule has 0 saturated heterocycles. The molecule has 0 aliphatic carbocycles. The quantitative estimate of drug-likeness (QED) is 0.779. The number of aromatic nitrogens is 1. The molecule has 0 unspecified atom stereocenters. The van der Waals surface area contributed by atoms with Gasteiger partial charge < -0.3 is 5.73 Å². The zero-order valence-electron chi connectivity index (χ0n) is 9.76. The van der Waals surface area contributed by atoms with Crippen molar-refractivity contribution in [3.63, 3.8) is 0 Å². The summed E-state index contributed by atoms with van der Waals surface area (Å²) in [6.45, 7) is 0. The van der Waals surface area contributed by atoms with E-state index in [1.165, 1.54) is 18.2 Å². The highest BCUT2D eigenvalue weighted by Gasteiger charge is 2.17. The molecule has 0 atom stereocenters. The Bertz CT molecular complexity index is 743. The molecule has 0 saturated carbocycles. The second-order valence-corrected chi connectivity index (χ2v) is 4.62. The molecule has 0 aliphatic heterocycles. The van der Waals surface area contributed by atoms with Gasteiger partial charge in [0.15, 0.2) is 0 Å². The fourth-order valence-corrected chi connectivity index (χ4v) is 2.36. The summed E-state index contributed by atoms with van der Waals surface area (Å²) >= 11 is 6.05. The lowest BCUT2D eigenvalue weighted by Crippen LogP contribution is -2.14. The van der Waals surface area contributed by atoms with Crippen LogP contribution in [0.1, 0.15) is 20.7 Å². The lowest BCUT2D eigenvalue weighted by atomic mass is 10.1. The number of hydrogen-bond acceptors (Lipinski definition) is 2. The zero-order chi connectivity index (χ0) is 13.6. The maximum Gasteiger partial charge on any atom is 0.264 e. The van der Waals surface area contributed by atoms with Crippen LogP contribution < -0.4 is 5.73 Å². The number of hydrogen-bond donors (Lipinski definition) is 1. The molecule has 94 valence electrons. The molecular formula is C14H9ClN2O2. The van der Waals surface area contributed by atoms with Crippen LogP contribution in [0.2, 0.25) is 5.02 Å². The molecule has 1 amide bonds. The Hall–Kier alpha value is -2.33. The Morgan fingerprint density at radius 3 is 2.05 bits per heavy atom. The molecule has 19 heavy (non-hydrogen) atoms. The number of nitrogens with two attached hydrogens (primary N) is 1. The van der Waals surface area contributed by atoms with Crippen molar-refractivity contribution in [2.75, 3.05) is 0 Å². The standard InChI is InChI=1S/C14H9ClN2O2/c15-12-7-8(13(16)18)1-6-11(12)14(19)17-9-2-3-10(17)5-4-9/h1-7H,(H2,16,18). The molecule has 3 rings (SSSR count). The molecule has 2 aromatic heterocycles. The highest BCUT2D eigenvalue weighted by molar-refractivity contribution is 6.34. The normalized spacial score (nSPS) is 11.0. The van der Waals surface area contributed by atoms with E-state index < -0.39 is 5.91 Å². The second kappa shape index (κ2) is 4.10. The van der Waals surface area contributed by atoms with E-state index in [1.54, 1.807) is 4.57 Å². The zero-order valence-corrected chi connectivity index (χ0v) is 10.5. The van der Waals surface area contributed by atoms with Crippen LogP contribution in [0.3, 0.4) is 0 Å². The first-order valence-electron chi connectivity index (χ1n) is 5.62. The summed E-state index contributed by atoms with van der Waals surface area (Å²) in [6.07, 6.45) is 0. The van der Waals surface area contributed by atoms with E-state index in [9.17, 15) is 9.59 Å². The Morgan fingerprint density at radius 1 is 1.00 bits per heavy atom. The van der Waals surface area contributed by atoms with Gasteiger partial charge in [-0.3, -0.25) is 14.2 Å². The number of rotatable bonds is 2. The minimum absolute atomic E-state index is 0.216. The highest BCUT2D eigenvalue weighted by atomic mass is 35.5. The molecule has 4 nitrogen and oxygen atoms in total. The molecule has 0 aliphatic rings. The SMILES string of the molecule is NC(=O)c1ccc(C(=O)n2c3ccc2cc3)c(Cl)c1. The Labute approximate surface area is 113 Å². The summed E-state index contributed by atoms with van der Waals surface area (Å²) in [6, 6.07) is 11.9. The molecule has 3 aromatic rings. The van der Waals surface area contributed by atoms with Crippen molar-refractivity contribution < 1.29 is 9.59 Å². The van der Waals surface area contributed by atoms with Gasteiger partial charge in [0.2, 0.25) is 5.91 Å². The second-order valence-electron chi connectivity index (χ2n) is 4.22. The first kappa shape index (κ1) is 11.7. The topological polar surface area (TPSA) is 65.1 Å². The molecule has 2 heterocycles. The molecular weight excluding hydrogens is 264 g/mol. The van der Waals surface area contributed by atoms with E-state index in [2.05, 4.69) is 0 Å². The van der Waals surface area contributed by atoms with Crippen LogP contribution in [0.4, 0.5) is 0 Å². The van der Waals surface area contributed by atoms with Gasteiger partial charge in [-0.25, -0.2) is 0 Å². The summed E-state index contributed by atoms with van der Waals surface area (Å²) in [7, 11) is 0. The van der Waals surface area contributed by atoms with Crippen molar-refractivity contribution in [2.45, 2.75) is 0 Å². The maximum absolute atomic E-state index is 12.4. The van der Waals surface area contributed by atoms with Crippen LogP contribution >= 0.6 is 11.6 Å². The van der Waals surface area contributed by atoms with Gasteiger partial charge in [-0.05, 0) is 42.5 Å². The minimum atomic E-state index is -0.575. The number of primary amides is 1. The average molecular weight is 273 g/mol. The third-order valence-corrected chi connectivity index (χ3v) is 3.37. The molecule has 0 fully saturated rings. The molecule has 0 spiro atoms. The number of nitrogens with zero attached hydrogens (tertiary/aromatic N) is 1. The summed E-state index contributed by atoms with van der Waals surface area (Å²) in [4.78, 5) is 23.5. The monoisotopic (exact) mass is 272 g/mol. The minimum Gasteiger partial charge on any atom is -0.366 e. The van der Waals surface area contributed by atoms with Gasteiger partial charge in [-0.2, -0.15) is 0 Å². The van der Waals surface area contributed by atoms with E-state index in [4.69, 9.17) is 17.3 Å². The lowest BCUT2D eigenvalue weighted by molar-refractivity contribution is 0.0966. The Morgan fingerprint density at radius 2 is 1.58 bits per heavy atom. The molecule has 0 radical (unpaired) electrons. The summed E-state index contributed by atoms with van der Waals surface area (Å²) in [5.74, 6) is -0.796. The summed E-state index contributed by atoms with van der Waals surface area (Å²) in [5, 5.41) is 0.216. The maximum atomic E-state index is 12.4. The summed E-state index contributed by atoms with van der Waals surface area (Å²) < 4.78 is 1.57. The van der Waals surface area contributed by atoms with Crippen LogP contribution in [0.5, 0.6) is 0 Å². The fraction of sp³-hybridized carbons (Fsp3) is 0. The smallest absolute Gasteiger partial charge is 0.264 e. The fourth-order valence-electron chi connectivity index (χ4n) is 2.10. The Kier molecular flexibility index (Phi) is 2.54. The van der Waals surface area contributed by atoms with Crippen LogP contribution in [-0.4, -0.2) is 16.4 Å². The van der Waals surface area contributed by atoms with Crippen molar-refractivity contribution in [1.82, 2.24) is 4.57 Å². The van der Waals surface area contributed by atoms with Crippen LogP contribution in [0, 0.1) is 0 Å². The Balaban J connectivity index is 2.08. The van der Waals surface area contributed by atoms with Gasteiger partial charge in [0.25, 0.3) is 5.91 Å². The molecule has 2 N–H and O–H groups in total. The van der Waals surface area contributed by atoms with Crippen molar-refractivity contribution in [2.24, 2.45) is 5.73 Å². The van der Waals surface area contributed by atoms with E-state index in [1.807, 2.05) is 24.3 Å². The van der Waals surface area contributed by atoms with Gasteiger partial charge in [0.1, 0.15) is 0 Å². The van der Waals surface area contributed by atoms with E-state index >= 15 is 0 Å². The summed E-state index contributed by atoms with van der Waals surface area (Å²) in [5.41, 5.74) is 7.42. The predicted octanol–water partition coefficient (Wildman–Crippen LogP) is 2.52. The molecule has 5 heteroatoms. The first-order valence-corrected chi connectivity index (χ1v) is 5.99. The van der Waals surface area contributed by atoms with Crippen LogP contribution in [0.15, 0.2) is 42.5 Å². The average Bonchev–Trinajstić information content (AvgIpc) is 2.97.